The lowest BCUT2D eigenvalue weighted by atomic mass is 9.80. The summed E-state index contributed by atoms with van der Waals surface area (Å²) >= 11 is 0. The summed E-state index contributed by atoms with van der Waals surface area (Å²) in [4.78, 5) is 23.8. The van der Waals surface area contributed by atoms with Crippen LogP contribution in [0, 0.1) is 5.41 Å². The van der Waals surface area contributed by atoms with Crippen molar-refractivity contribution >= 4 is 11.9 Å². The third-order valence-corrected chi connectivity index (χ3v) is 3.89. The smallest absolute Gasteiger partial charge is 0.331 e. The molecule has 0 aromatic rings. The SMILES string of the molecule is CC1(C(=O)O)C=CC=C(C(=O)O)C1.COCCN1CCCC1. The van der Waals surface area contributed by atoms with Crippen molar-refractivity contribution in [2.45, 2.75) is 26.2 Å². The Morgan fingerprint density at radius 1 is 1.32 bits per heavy atom. The molecule has 1 fully saturated rings. The van der Waals surface area contributed by atoms with E-state index < -0.39 is 17.4 Å². The van der Waals surface area contributed by atoms with Crippen molar-refractivity contribution in [1.29, 1.82) is 0 Å². The fraction of sp³-hybridized carbons (Fsp3) is 0.625. The first-order valence-electron chi connectivity index (χ1n) is 7.45. The lowest BCUT2D eigenvalue weighted by Crippen LogP contribution is -2.28. The fourth-order valence-electron chi connectivity index (χ4n) is 2.41. The van der Waals surface area contributed by atoms with E-state index in [1.165, 1.54) is 51.1 Å². The molecule has 0 amide bonds. The van der Waals surface area contributed by atoms with E-state index in [0.29, 0.717) is 0 Å². The number of ether oxygens (including phenoxy) is 1. The maximum Gasteiger partial charge on any atom is 0.331 e. The van der Waals surface area contributed by atoms with Gasteiger partial charge in [-0.1, -0.05) is 18.2 Å². The maximum absolute atomic E-state index is 10.8. The molecule has 0 bridgehead atoms. The zero-order valence-corrected chi connectivity index (χ0v) is 13.2. The molecule has 2 aliphatic rings. The summed E-state index contributed by atoms with van der Waals surface area (Å²) in [5.41, 5.74) is -0.949. The second-order valence-corrected chi connectivity index (χ2v) is 5.80. The quantitative estimate of drug-likeness (QED) is 0.805. The van der Waals surface area contributed by atoms with Gasteiger partial charge in [-0.2, -0.15) is 0 Å². The van der Waals surface area contributed by atoms with Crippen LogP contribution >= 0.6 is 0 Å². The molecule has 22 heavy (non-hydrogen) atoms. The molecule has 1 unspecified atom stereocenters. The predicted octanol–water partition coefficient (Wildman–Crippen LogP) is 1.78. The first-order chi connectivity index (χ1) is 10.4. The van der Waals surface area contributed by atoms with Gasteiger partial charge >= 0.3 is 11.9 Å². The van der Waals surface area contributed by atoms with Crippen LogP contribution in [0.15, 0.2) is 23.8 Å². The van der Waals surface area contributed by atoms with Crippen molar-refractivity contribution in [3.8, 4) is 0 Å². The molecule has 1 heterocycles. The van der Waals surface area contributed by atoms with Gasteiger partial charge in [0.1, 0.15) is 0 Å². The van der Waals surface area contributed by atoms with Crippen LogP contribution in [-0.2, 0) is 14.3 Å². The van der Waals surface area contributed by atoms with E-state index in [1.54, 1.807) is 7.11 Å². The summed E-state index contributed by atoms with van der Waals surface area (Å²) in [6.45, 7) is 6.07. The van der Waals surface area contributed by atoms with E-state index in [-0.39, 0.29) is 12.0 Å². The molecule has 6 heteroatoms. The molecule has 1 atom stereocenters. The second-order valence-electron chi connectivity index (χ2n) is 5.80. The molecule has 1 aliphatic carbocycles. The number of likely N-dealkylation sites (tertiary alicyclic amines) is 1. The van der Waals surface area contributed by atoms with Gasteiger partial charge in [0.2, 0.25) is 0 Å². The molecule has 124 valence electrons. The third kappa shape index (κ3) is 5.61. The standard InChI is InChI=1S/C9H10O4.C7H15NO/c1-9(8(12)13)4-2-3-6(5-9)7(10)11;1-9-7-6-8-4-2-3-5-8/h2-4H,5H2,1H3,(H,10,11)(H,12,13);2-7H2,1H3. The van der Waals surface area contributed by atoms with Crippen LogP contribution < -0.4 is 0 Å². The van der Waals surface area contributed by atoms with E-state index in [9.17, 15) is 9.59 Å². The Hall–Kier alpha value is -1.66. The van der Waals surface area contributed by atoms with Gasteiger partial charge in [-0.3, -0.25) is 4.79 Å². The number of hydrogen-bond donors (Lipinski definition) is 2. The molecule has 0 aromatic heterocycles. The van der Waals surface area contributed by atoms with Gasteiger partial charge < -0.3 is 19.8 Å². The van der Waals surface area contributed by atoms with E-state index in [2.05, 4.69) is 4.90 Å². The number of aliphatic carboxylic acids is 2. The molecule has 2 N–H and O–H groups in total. The third-order valence-electron chi connectivity index (χ3n) is 3.89. The first-order valence-corrected chi connectivity index (χ1v) is 7.45. The van der Waals surface area contributed by atoms with Gasteiger partial charge in [0.15, 0.2) is 0 Å². The Bertz CT molecular complexity index is 451. The monoisotopic (exact) mass is 311 g/mol. The Morgan fingerprint density at radius 3 is 2.45 bits per heavy atom. The minimum absolute atomic E-state index is 0.0359. The lowest BCUT2D eigenvalue weighted by molar-refractivity contribution is -0.145. The fourth-order valence-corrected chi connectivity index (χ4v) is 2.41. The molecule has 2 rings (SSSR count). The van der Waals surface area contributed by atoms with Crippen molar-refractivity contribution in [2.24, 2.45) is 5.41 Å². The second kappa shape index (κ2) is 8.70. The Kier molecular flexibility index (Phi) is 7.27. The van der Waals surface area contributed by atoms with Gasteiger partial charge in [-0.15, -0.1) is 0 Å². The summed E-state index contributed by atoms with van der Waals surface area (Å²) in [5, 5.41) is 17.5. The average Bonchev–Trinajstić information content (AvgIpc) is 2.99. The number of carboxylic acid groups (broad SMARTS) is 2. The van der Waals surface area contributed by atoms with Gasteiger partial charge in [-0.25, -0.2) is 4.79 Å². The van der Waals surface area contributed by atoms with Gasteiger partial charge in [0.25, 0.3) is 0 Å². The highest BCUT2D eigenvalue weighted by Crippen LogP contribution is 2.31. The number of methoxy groups -OCH3 is 1. The van der Waals surface area contributed by atoms with Crippen molar-refractivity contribution in [1.82, 2.24) is 4.90 Å². The Morgan fingerprint density at radius 2 is 1.95 bits per heavy atom. The van der Waals surface area contributed by atoms with Gasteiger partial charge in [-0.05, 0) is 39.3 Å². The van der Waals surface area contributed by atoms with Crippen LogP contribution in [0.3, 0.4) is 0 Å². The van der Waals surface area contributed by atoms with Crippen LogP contribution in [0.25, 0.3) is 0 Å². The molecular weight excluding hydrogens is 286 g/mol. The van der Waals surface area contributed by atoms with Crippen molar-refractivity contribution < 1.29 is 24.5 Å². The zero-order chi connectivity index (χ0) is 16.6. The number of hydrogen-bond acceptors (Lipinski definition) is 4. The maximum atomic E-state index is 10.8. The summed E-state index contributed by atoms with van der Waals surface area (Å²) in [5.74, 6) is -2.06. The van der Waals surface area contributed by atoms with Crippen LogP contribution in [0.4, 0.5) is 0 Å². The number of nitrogens with zero attached hydrogens (tertiary/aromatic N) is 1. The van der Waals surface area contributed by atoms with Crippen molar-refractivity contribution in [3.05, 3.63) is 23.8 Å². The Labute approximate surface area is 131 Å². The lowest BCUT2D eigenvalue weighted by Gasteiger charge is -2.23. The summed E-state index contributed by atoms with van der Waals surface area (Å²) in [6, 6.07) is 0. The molecule has 0 radical (unpaired) electrons. The summed E-state index contributed by atoms with van der Waals surface area (Å²) in [7, 11) is 1.76. The molecule has 0 aromatic carbocycles. The van der Waals surface area contributed by atoms with Gasteiger partial charge in [0.05, 0.1) is 12.0 Å². The van der Waals surface area contributed by atoms with Crippen LogP contribution in [0.1, 0.15) is 26.2 Å². The van der Waals surface area contributed by atoms with E-state index in [4.69, 9.17) is 14.9 Å². The number of allylic oxidation sites excluding steroid dienone is 2. The number of carbonyl (C=O) groups is 2. The van der Waals surface area contributed by atoms with Crippen molar-refractivity contribution in [2.75, 3.05) is 33.4 Å². The van der Waals surface area contributed by atoms with E-state index in [0.717, 1.165) is 13.2 Å². The van der Waals surface area contributed by atoms with Crippen LogP contribution in [-0.4, -0.2) is 60.4 Å². The highest BCUT2D eigenvalue weighted by Gasteiger charge is 2.34. The minimum atomic E-state index is -1.08. The minimum Gasteiger partial charge on any atom is -0.481 e. The van der Waals surface area contributed by atoms with Crippen molar-refractivity contribution in [3.63, 3.8) is 0 Å². The normalized spacial score (nSPS) is 24.4. The molecular formula is C16H25NO5. The zero-order valence-electron chi connectivity index (χ0n) is 13.2. The highest BCUT2D eigenvalue weighted by atomic mass is 16.5. The average molecular weight is 311 g/mol. The first kappa shape index (κ1) is 18.4. The molecule has 1 saturated heterocycles. The Balaban J connectivity index is 0.000000235. The topological polar surface area (TPSA) is 87.1 Å². The van der Waals surface area contributed by atoms with Crippen LogP contribution in [0.5, 0.6) is 0 Å². The molecule has 0 saturated carbocycles. The predicted molar refractivity (Wildman–Crippen MR) is 82.8 cm³/mol. The summed E-state index contributed by atoms with van der Waals surface area (Å²) < 4.78 is 4.96. The largest absolute Gasteiger partial charge is 0.481 e. The van der Waals surface area contributed by atoms with Crippen LogP contribution in [0.2, 0.25) is 0 Å². The summed E-state index contributed by atoms with van der Waals surface area (Å²) in [6.07, 6.45) is 7.19. The molecule has 0 spiro atoms. The highest BCUT2D eigenvalue weighted by molar-refractivity contribution is 5.90. The molecule has 6 nitrogen and oxygen atoms in total. The molecule has 1 aliphatic heterocycles. The van der Waals surface area contributed by atoms with Gasteiger partial charge in [0, 0.05) is 19.2 Å². The van der Waals surface area contributed by atoms with E-state index in [1.807, 2.05) is 0 Å². The number of carboxylic acids is 2. The van der Waals surface area contributed by atoms with E-state index >= 15 is 0 Å². The number of rotatable bonds is 5.